The van der Waals surface area contributed by atoms with Crippen LogP contribution >= 0.6 is 0 Å². The first kappa shape index (κ1) is 17.1. The van der Waals surface area contributed by atoms with Gasteiger partial charge in [-0.1, -0.05) is 30.3 Å². The van der Waals surface area contributed by atoms with Crippen molar-refractivity contribution in [3.8, 4) is 0 Å². The van der Waals surface area contributed by atoms with Gasteiger partial charge in [-0.3, -0.25) is 14.6 Å². The summed E-state index contributed by atoms with van der Waals surface area (Å²) in [6.45, 7) is 2.15. The molecule has 1 aliphatic heterocycles. The van der Waals surface area contributed by atoms with Crippen LogP contribution in [0.15, 0.2) is 48.7 Å². The first-order valence-corrected chi connectivity index (χ1v) is 8.81. The number of benzene rings is 1. The van der Waals surface area contributed by atoms with Crippen LogP contribution in [-0.2, 0) is 6.42 Å². The zero-order chi connectivity index (χ0) is 17.5. The van der Waals surface area contributed by atoms with E-state index in [2.05, 4.69) is 22.4 Å². The third kappa shape index (κ3) is 4.66. The fourth-order valence-corrected chi connectivity index (χ4v) is 3.01. The van der Waals surface area contributed by atoms with E-state index in [1.807, 2.05) is 18.2 Å². The minimum Gasteiger partial charge on any atom is -0.352 e. The van der Waals surface area contributed by atoms with Crippen LogP contribution in [0.5, 0.6) is 0 Å². The fraction of sp³-hybridized carbons (Fsp3) is 0.350. The highest BCUT2D eigenvalue weighted by Gasteiger charge is 2.21. The van der Waals surface area contributed by atoms with Crippen molar-refractivity contribution in [3.05, 3.63) is 65.5 Å². The van der Waals surface area contributed by atoms with Crippen molar-refractivity contribution in [3.63, 3.8) is 0 Å². The van der Waals surface area contributed by atoms with E-state index in [9.17, 15) is 9.59 Å². The molecular weight excluding hydrogens is 314 g/mol. The lowest BCUT2D eigenvalue weighted by atomic mass is 10.1. The normalized spacial score (nSPS) is 13.7. The Morgan fingerprint density at radius 1 is 1.08 bits per heavy atom. The second kappa shape index (κ2) is 8.42. The summed E-state index contributed by atoms with van der Waals surface area (Å²) >= 11 is 0. The smallest absolute Gasteiger partial charge is 0.272 e. The van der Waals surface area contributed by atoms with Crippen LogP contribution in [0.3, 0.4) is 0 Å². The second-order valence-electron chi connectivity index (χ2n) is 6.27. The Morgan fingerprint density at radius 3 is 2.60 bits per heavy atom. The van der Waals surface area contributed by atoms with Gasteiger partial charge in [-0.15, -0.1) is 0 Å². The topological polar surface area (TPSA) is 62.3 Å². The largest absolute Gasteiger partial charge is 0.352 e. The van der Waals surface area contributed by atoms with Gasteiger partial charge in [0.15, 0.2) is 0 Å². The predicted molar refractivity (Wildman–Crippen MR) is 96.5 cm³/mol. The molecule has 0 saturated carbocycles. The number of hydrogen-bond donors (Lipinski definition) is 1. The first-order chi connectivity index (χ1) is 12.2. The van der Waals surface area contributed by atoms with E-state index >= 15 is 0 Å². The van der Waals surface area contributed by atoms with Gasteiger partial charge in [0.25, 0.3) is 11.8 Å². The average Bonchev–Trinajstić information content (AvgIpc) is 3.20. The minimum atomic E-state index is -0.161. The molecule has 0 aliphatic carbocycles. The number of nitrogens with zero attached hydrogens (tertiary/aromatic N) is 2. The van der Waals surface area contributed by atoms with E-state index in [-0.39, 0.29) is 11.8 Å². The van der Waals surface area contributed by atoms with Crippen LogP contribution in [0.2, 0.25) is 0 Å². The van der Waals surface area contributed by atoms with Gasteiger partial charge in [0.2, 0.25) is 0 Å². The van der Waals surface area contributed by atoms with Crippen molar-refractivity contribution in [2.24, 2.45) is 0 Å². The highest BCUT2D eigenvalue weighted by molar-refractivity contribution is 5.98. The number of aryl methyl sites for hydroxylation is 1. The lowest BCUT2D eigenvalue weighted by molar-refractivity contribution is 0.0787. The number of likely N-dealkylation sites (tertiary alicyclic amines) is 1. The molecule has 0 unspecified atom stereocenters. The molecular formula is C20H23N3O2. The van der Waals surface area contributed by atoms with E-state index in [1.54, 1.807) is 17.0 Å². The molecule has 3 rings (SSSR count). The van der Waals surface area contributed by atoms with Crippen molar-refractivity contribution in [2.75, 3.05) is 19.6 Å². The summed E-state index contributed by atoms with van der Waals surface area (Å²) in [7, 11) is 0. The van der Waals surface area contributed by atoms with Crippen LogP contribution in [0.25, 0.3) is 0 Å². The standard InChI is InChI=1S/C20H23N3O2/c24-19(22-11-6-9-16-7-2-1-3-8-16)17-10-12-21-18(15-17)20(25)23-13-4-5-14-23/h1-3,7-8,10,12,15H,4-6,9,11,13-14H2,(H,22,24). The molecule has 25 heavy (non-hydrogen) atoms. The molecule has 1 saturated heterocycles. The number of pyridine rings is 1. The maximum absolute atomic E-state index is 12.4. The quantitative estimate of drug-likeness (QED) is 0.825. The summed E-state index contributed by atoms with van der Waals surface area (Å²) in [4.78, 5) is 30.6. The van der Waals surface area contributed by atoms with E-state index < -0.39 is 0 Å². The number of carbonyl (C=O) groups is 2. The third-order valence-electron chi connectivity index (χ3n) is 4.41. The molecule has 0 bridgehead atoms. The second-order valence-corrected chi connectivity index (χ2v) is 6.27. The molecule has 1 aromatic heterocycles. The van der Waals surface area contributed by atoms with Crippen LogP contribution in [-0.4, -0.2) is 41.3 Å². The van der Waals surface area contributed by atoms with E-state index in [0.717, 1.165) is 38.8 Å². The van der Waals surface area contributed by atoms with Crippen molar-refractivity contribution >= 4 is 11.8 Å². The maximum atomic E-state index is 12.4. The molecule has 2 heterocycles. The van der Waals surface area contributed by atoms with Gasteiger partial charge >= 0.3 is 0 Å². The molecule has 2 aromatic rings. The highest BCUT2D eigenvalue weighted by Crippen LogP contribution is 2.12. The van der Waals surface area contributed by atoms with E-state index in [0.29, 0.717) is 17.8 Å². The van der Waals surface area contributed by atoms with E-state index in [4.69, 9.17) is 0 Å². The number of nitrogens with one attached hydrogen (secondary N) is 1. The lowest BCUT2D eigenvalue weighted by Gasteiger charge is -2.14. The van der Waals surface area contributed by atoms with Crippen LogP contribution in [0, 0.1) is 0 Å². The Hall–Kier alpha value is -2.69. The predicted octanol–water partition coefficient (Wildman–Crippen LogP) is 2.68. The van der Waals surface area contributed by atoms with Crippen LogP contribution < -0.4 is 5.32 Å². The number of hydrogen-bond acceptors (Lipinski definition) is 3. The monoisotopic (exact) mass is 337 g/mol. The Kier molecular flexibility index (Phi) is 5.77. The fourth-order valence-electron chi connectivity index (χ4n) is 3.01. The Morgan fingerprint density at radius 2 is 1.84 bits per heavy atom. The average molecular weight is 337 g/mol. The Bertz CT molecular complexity index is 725. The number of carbonyl (C=O) groups excluding carboxylic acids is 2. The van der Waals surface area contributed by atoms with Gasteiger partial charge in [-0.2, -0.15) is 0 Å². The van der Waals surface area contributed by atoms with E-state index in [1.165, 1.54) is 11.8 Å². The van der Waals surface area contributed by atoms with Crippen molar-refractivity contribution in [1.29, 1.82) is 0 Å². The van der Waals surface area contributed by atoms with Crippen molar-refractivity contribution in [1.82, 2.24) is 15.2 Å². The summed E-state index contributed by atoms with van der Waals surface area (Å²) in [5.41, 5.74) is 2.09. The minimum absolute atomic E-state index is 0.0868. The lowest BCUT2D eigenvalue weighted by Crippen LogP contribution is -2.29. The van der Waals surface area contributed by atoms with Gasteiger partial charge in [0, 0.05) is 31.4 Å². The van der Waals surface area contributed by atoms with Gasteiger partial charge in [-0.05, 0) is 43.4 Å². The molecule has 130 valence electrons. The molecule has 5 nitrogen and oxygen atoms in total. The van der Waals surface area contributed by atoms with Gasteiger partial charge in [0.05, 0.1) is 0 Å². The van der Waals surface area contributed by atoms with Crippen molar-refractivity contribution < 1.29 is 9.59 Å². The maximum Gasteiger partial charge on any atom is 0.272 e. The summed E-state index contributed by atoms with van der Waals surface area (Å²) in [5.74, 6) is -0.248. The third-order valence-corrected chi connectivity index (χ3v) is 4.41. The summed E-state index contributed by atoms with van der Waals surface area (Å²) in [6, 6.07) is 13.4. The molecule has 0 spiro atoms. The van der Waals surface area contributed by atoms with Gasteiger partial charge in [0.1, 0.15) is 5.69 Å². The molecule has 5 heteroatoms. The van der Waals surface area contributed by atoms with Crippen LogP contribution in [0.4, 0.5) is 0 Å². The SMILES string of the molecule is O=C(NCCCc1ccccc1)c1ccnc(C(=O)N2CCCC2)c1. The highest BCUT2D eigenvalue weighted by atomic mass is 16.2. The van der Waals surface area contributed by atoms with Crippen LogP contribution in [0.1, 0.15) is 45.7 Å². The molecule has 1 aliphatic rings. The zero-order valence-corrected chi connectivity index (χ0v) is 14.3. The molecule has 1 N–H and O–H groups in total. The Balaban J connectivity index is 1.51. The molecule has 1 aromatic carbocycles. The zero-order valence-electron chi connectivity index (χ0n) is 14.3. The number of aromatic nitrogens is 1. The number of rotatable bonds is 6. The summed E-state index contributed by atoms with van der Waals surface area (Å²) in [6.07, 6.45) is 5.40. The van der Waals surface area contributed by atoms with Crippen molar-refractivity contribution in [2.45, 2.75) is 25.7 Å². The Labute approximate surface area is 148 Å². The molecule has 1 fully saturated rings. The summed E-state index contributed by atoms with van der Waals surface area (Å²) in [5, 5.41) is 2.91. The van der Waals surface area contributed by atoms with Gasteiger partial charge in [-0.25, -0.2) is 0 Å². The number of amides is 2. The molecule has 2 amide bonds. The first-order valence-electron chi connectivity index (χ1n) is 8.81. The van der Waals surface area contributed by atoms with Gasteiger partial charge < -0.3 is 10.2 Å². The molecule has 0 atom stereocenters. The molecule has 0 radical (unpaired) electrons. The summed E-state index contributed by atoms with van der Waals surface area (Å²) < 4.78 is 0.